The average Bonchev–Trinajstić information content (AvgIpc) is 3.09. The first-order valence-electron chi connectivity index (χ1n) is 7.63. The van der Waals surface area contributed by atoms with Crippen molar-refractivity contribution in [1.82, 2.24) is 5.43 Å². The summed E-state index contributed by atoms with van der Waals surface area (Å²) in [6.07, 6.45) is 0. The highest BCUT2D eigenvalue weighted by atomic mass is 35.5. The van der Waals surface area contributed by atoms with E-state index in [1.165, 1.54) is 0 Å². The maximum atomic E-state index is 6.33. The molecule has 0 radical (unpaired) electrons. The van der Waals surface area contributed by atoms with Crippen LogP contribution in [0.25, 0.3) is 0 Å². The van der Waals surface area contributed by atoms with E-state index in [2.05, 4.69) is 5.43 Å². The molecule has 0 amide bonds. The summed E-state index contributed by atoms with van der Waals surface area (Å²) in [5, 5.41) is 9.11. The molecule has 24 heavy (non-hydrogen) atoms. The zero-order chi connectivity index (χ0) is 16.4. The standard InChI is InChI=1S/C19H15ClN4/c20-18-14-8-7-13-17(18)19-21-23(15-9-3-1-4-10-15)24(22-19)16-11-5-2-6-12-16/h1-14H,(H,21,22). The number of hydrazone groups is 1. The Hall–Kier alpha value is -2.98. The molecule has 1 N–H and O–H groups in total. The number of nitrogens with zero attached hydrogens (tertiary/aromatic N) is 3. The summed E-state index contributed by atoms with van der Waals surface area (Å²) in [5.74, 6) is 0.702. The van der Waals surface area contributed by atoms with Crippen LogP contribution in [0.1, 0.15) is 5.56 Å². The predicted molar refractivity (Wildman–Crippen MR) is 99.0 cm³/mol. The number of hydrogen-bond donors (Lipinski definition) is 1. The van der Waals surface area contributed by atoms with Crippen molar-refractivity contribution in [2.24, 2.45) is 5.10 Å². The minimum atomic E-state index is 0.659. The summed E-state index contributed by atoms with van der Waals surface area (Å²) in [4.78, 5) is 0. The van der Waals surface area contributed by atoms with Gasteiger partial charge >= 0.3 is 0 Å². The molecule has 1 aliphatic heterocycles. The number of para-hydroxylation sites is 2. The third kappa shape index (κ3) is 2.68. The Morgan fingerprint density at radius 3 is 1.96 bits per heavy atom. The highest BCUT2D eigenvalue weighted by molar-refractivity contribution is 6.34. The van der Waals surface area contributed by atoms with Crippen molar-refractivity contribution in [3.05, 3.63) is 95.5 Å². The molecule has 0 aromatic heterocycles. The van der Waals surface area contributed by atoms with Gasteiger partial charge in [0.1, 0.15) is 0 Å². The first-order chi connectivity index (χ1) is 11.8. The van der Waals surface area contributed by atoms with Gasteiger partial charge in [0.05, 0.1) is 16.4 Å². The normalized spacial score (nSPS) is 13.6. The Morgan fingerprint density at radius 1 is 0.708 bits per heavy atom. The monoisotopic (exact) mass is 334 g/mol. The number of hydrogen-bond acceptors (Lipinski definition) is 4. The van der Waals surface area contributed by atoms with Gasteiger partial charge in [-0.2, -0.15) is 10.2 Å². The molecule has 5 heteroatoms. The van der Waals surface area contributed by atoms with Gasteiger partial charge in [-0.25, -0.2) is 0 Å². The Morgan fingerprint density at radius 2 is 1.29 bits per heavy atom. The molecular weight excluding hydrogens is 320 g/mol. The minimum Gasteiger partial charge on any atom is -0.259 e. The van der Waals surface area contributed by atoms with E-state index in [0.29, 0.717) is 10.9 Å². The number of hydrazine groups is 2. The molecule has 4 nitrogen and oxygen atoms in total. The zero-order valence-electron chi connectivity index (χ0n) is 12.8. The van der Waals surface area contributed by atoms with Crippen LogP contribution < -0.4 is 15.7 Å². The smallest absolute Gasteiger partial charge is 0.177 e. The second-order valence-electron chi connectivity index (χ2n) is 5.31. The van der Waals surface area contributed by atoms with E-state index in [1.54, 1.807) is 0 Å². The van der Waals surface area contributed by atoms with Crippen LogP contribution in [0, 0.1) is 0 Å². The van der Waals surface area contributed by atoms with Crippen molar-refractivity contribution < 1.29 is 0 Å². The molecular formula is C19H15ClN4. The van der Waals surface area contributed by atoms with Crippen LogP contribution in [0.15, 0.2) is 90.0 Å². The maximum absolute atomic E-state index is 6.33. The van der Waals surface area contributed by atoms with E-state index >= 15 is 0 Å². The van der Waals surface area contributed by atoms with E-state index in [0.717, 1.165) is 16.9 Å². The molecule has 0 fully saturated rings. The summed E-state index contributed by atoms with van der Waals surface area (Å²) >= 11 is 6.33. The Balaban J connectivity index is 1.77. The third-order valence-electron chi connectivity index (χ3n) is 3.71. The van der Waals surface area contributed by atoms with E-state index in [9.17, 15) is 0 Å². The molecule has 0 saturated heterocycles. The quantitative estimate of drug-likeness (QED) is 0.767. The summed E-state index contributed by atoms with van der Waals surface area (Å²) in [7, 11) is 0. The summed E-state index contributed by atoms with van der Waals surface area (Å²) in [5.41, 5.74) is 6.13. The molecule has 1 aliphatic rings. The number of halogens is 1. The number of anilines is 2. The Bertz CT molecular complexity index is 865. The highest BCUT2D eigenvalue weighted by Crippen LogP contribution is 2.26. The second kappa shape index (κ2) is 6.26. The van der Waals surface area contributed by atoms with Crippen LogP contribution in [0.2, 0.25) is 5.02 Å². The molecule has 3 aromatic rings. The first-order valence-corrected chi connectivity index (χ1v) is 8.01. The molecule has 0 aliphatic carbocycles. The molecule has 1 heterocycles. The summed E-state index contributed by atoms with van der Waals surface area (Å²) < 4.78 is 0. The fourth-order valence-electron chi connectivity index (χ4n) is 2.55. The molecule has 0 unspecified atom stereocenters. The molecule has 3 aromatic carbocycles. The maximum Gasteiger partial charge on any atom is 0.177 e. The number of amidine groups is 1. The van der Waals surface area contributed by atoms with E-state index in [1.807, 2.05) is 95.2 Å². The van der Waals surface area contributed by atoms with Crippen molar-refractivity contribution >= 4 is 28.8 Å². The number of nitrogens with one attached hydrogen (secondary N) is 1. The van der Waals surface area contributed by atoms with Crippen LogP contribution in [0.5, 0.6) is 0 Å². The van der Waals surface area contributed by atoms with Gasteiger partial charge < -0.3 is 0 Å². The van der Waals surface area contributed by atoms with Crippen LogP contribution >= 0.6 is 11.6 Å². The minimum absolute atomic E-state index is 0.659. The van der Waals surface area contributed by atoms with Crippen molar-refractivity contribution in [1.29, 1.82) is 0 Å². The van der Waals surface area contributed by atoms with Gasteiger partial charge in [-0.05, 0) is 36.4 Å². The Kier molecular flexibility index (Phi) is 3.81. The average molecular weight is 335 g/mol. The van der Waals surface area contributed by atoms with Crippen molar-refractivity contribution in [3.8, 4) is 0 Å². The molecule has 0 bridgehead atoms. The second-order valence-corrected chi connectivity index (χ2v) is 5.72. The molecule has 0 atom stereocenters. The molecule has 0 saturated carbocycles. The number of benzene rings is 3. The van der Waals surface area contributed by atoms with Crippen molar-refractivity contribution in [2.75, 3.05) is 10.2 Å². The fourth-order valence-corrected chi connectivity index (χ4v) is 2.78. The van der Waals surface area contributed by atoms with Crippen LogP contribution in [0.4, 0.5) is 11.4 Å². The lowest BCUT2D eigenvalue weighted by atomic mass is 10.2. The summed E-state index contributed by atoms with van der Waals surface area (Å²) in [6.45, 7) is 0. The van der Waals surface area contributed by atoms with Gasteiger partial charge in [0.2, 0.25) is 0 Å². The zero-order valence-corrected chi connectivity index (χ0v) is 13.6. The molecule has 118 valence electrons. The van der Waals surface area contributed by atoms with Crippen LogP contribution in [-0.4, -0.2) is 5.84 Å². The van der Waals surface area contributed by atoms with E-state index in [-0.39, 0.29) is 0 Å². The van der Waals surface area contributed by atoms with Crippen molar-refractivity contribution in [2.45, 2.75) is 0 Å². The fraction of sp³-hybridized carbons (Fsp3) is 0. The van der Waals surface area contributed by atoms with Crippen molar-refractivity contribution in [3.63, 3.8) is 0 Å². The lowest BCUT2D eigenvalue weighted by Gasteiger charge is -2.27. The van der Waals surface area contributed by atoms with E-state index in [4.69, 9.17) is 16.7 Å². The lowest BCUT2D eigenvalue weighted by molar-refractivity contribution is 0.771. The lowest BCUT2D eigenvalue weighted by Crippen LogP contribution is -2.44. The summed E-state index contributed by atoms with van der Waals surface area (Å²) in [6, 6.07) is 27.7. The topological polar surface area (TPSA) is 30.9 Å². The molecule has 4 rings (SSSR count). The van der Waals surface area contributed by atoms with Crippen LogP contribution in [0.3, 0.4) is 0 Å². The van der Waals surface area contributed by atoms with Crippen LogP contribution in [-0.2, 0) is 0 Å². The largest absolute Gasteiger partial charge is 0.259 e. The van der Waals surface area contributed by atoms with Gasteiger partial charge in [0, 0.05) is 5.56 Å². The highest BCUT2D eigenvalue weighted by Gasteiger charge is 2.26. The number of rotatable bonds is 3. The predicted octanol–water partition coefficient (Wildman–Crippen LogP) is 4.45. The van der Waals surface area contributed by atoms with Gasteiger partial charge in [0.25, 0.3) is 0 Å². The van der Waals surface area contributed by atoms with Gasteiger partial charge in [0.15, 0.2) is 5.84 Å². The first kappa shape index (κ1) is 14.6. The molecule has 0 spiro atoms. The Labute approximate surface area is 145 Å². The van der Waals surface area contributed by atoms with Gasteiger partial charge in [-0.15, -0.1) is 5.10 Å². The van der Waals surface area contributed by atoms with E-state index < -0.39 is 0 Å². The van der Waals surface area contributed by atoms with Gasteiger partial charge in [-0.1, -0.05) is 60.1 Å². The van der Waals surface area contributed by atoms with Gasteiger partial charge in [-0.3, -0.25) is 5.43 Å². The SMILES string of the molecule is Clc1ccccc1C1=NN(c2ccccc2)N(c2ccccc2)N1. The third-order valence-corrected chi connectivity index (χ3v) is 4.04.